The van der Waals surface area contributed by atoms with Crippen molar-refractivity contribution in [1.29, 1.82) is 0 Å². The third-order valence-corrected chi connectivity index (χ3v) is 5.66. The molecule has 0 atom stereocenters. The molecule has 0 spiro atoms. The molecule has 2 N–H and O–H groups in total. The molecule has 0 aromatic heterocycles. The van der Waals surface area contributed by atoms with Gasteiger partial charge in [-0.1, -0.05) is 55.6 Å². The summed E-state index contributed by atoms with van der Waals surface area (Å²) < 4.78 is 0. The standard InChI is InChI=1S/C21H25Cl2NO2/c1-5-7-14-8-9-17(15(10-14)11-18(25)26)24-21-16(6-2)12(3)19(22)13(4)20(21)23/h8-10,24H,5-7,11H2,1-4H3,(H,25,26). The largest absolute Gasteiger partial charge is 0.481 e. The molecule has 0 fully saturated rings. The third kappa shape index (κ3) is 4.33. The van der Waals surface area contributed by atoms with E-state index in [1.54, 1.807) is 0 Å². The Morgan fingerprint density at radius 2 is 1.81 bits per heavy atom. The van der Waals surface area contributed by atoms with Crippen molar-refractivity contribution in [3.05, 3.63) is 56.1 Å². The number of aliphatic carboxylic acids is 1. The molecule has 0 saturated carbocycles. The van der Waals surface area contributed by atoms with Gasteiger partial charge in [0.2, 0.25) is 0 Å². The number of hydrogen-bond acceptors (Lipinski definition) is 2. The normalized spacial score (nSPS) is 10.8. The summed E-state index contributed by atoms with van der Waals surface area (Å²) in [6, 6.07) is 5.94. The second kappa shape index (κ2) is 8.79. The van der Waals surface area contributed by atoms with Crippen LogP contribution in [-0.2, 0) is 24.1 Å². The molecule has 0 bridgehead atoms. The molecule has 0 unspecified atom stereocenters. The van der Waals surface area contributed by atoms with E-state index in [0.717, 1.165) is 58.5 Å². The first-order chi connectivity index (χ1) is 12.3. The Bertz CT molecular complexity index is 831. The van der Waals surface area contributed by atoms with Crippen molar-refractivity contribution in [2.75, 3.05) is 5.32 Å². The van der Waals surface area contributed by atoms with Crippen molar-refractivity contribution in [2.45, 2.75) is 53.4 Å². The van der Waals surface area contributed by atoms with Crippen LogP contribution in [0.5, 0.6) is 0 Å². The van der Waals surface area contributed by atoms with Crippen LogP contribution < -0.4 is 5.32 Å². The predicted octanol–water partition coefficient (Wildman–Crippen LogP) is 6.50. The zero-order valence-electron chi connectivity index (χ0n) is 15.7. The van der Waals surface area contributed by atoms with Gasteiger partial charge >= 0.3 is 5.97 Å². The van der Waals surface area contributed by atoms with E-state index in [0.29, 0.717) is 10.0 Å². The summed E-state index contributed by atoms with van der Waals surface area (Å²) in [7, 11) is 0. The number of anilines is 2. The zero-order chi connectivity index (χ0) is 19.4. The fourth-order valence-corrected chi connectivity index (χ4v) is 3.76. The van der Waals surface area contributed by atoms with E-state index in [-0.39, 0.29) is 6.42 Å². The highest BCUT2D eigenvalue weighted by Gasteiger charge is 2.18. The summed E-state index contributed by atoms with van der Waals surface area (Å²) in [6.07, 6.45) is 2.67. The summed E-state index contributed by atoms with van der Waals surface area (Å²) >= 11 is 13.0. The zero-order valence-corrected chi connectivity index (χ0v) is 17.2. The molecule has 3 nitrogen and oxygen atoms in total. The molecule has 0 radical (unpaired) electrons. The molecule has 0 aliphatic heterocycles. The number of rotatable bonds is 7. The van der Waals surface area contributed by atoms with Crippen LogP contribution in [0.25, 0.3) is 0 Å². The average Bonchev–Trinajstić information content (AvgIpc) is 2.59. The predicted molar refractivity (Wildman–Crippen MR) is 110 cm³/mol. The quantitative estimate of drug-likeness (QED) is 0.564. The summed E-state index contributed by atoms with van der Waals surface area (Å²) in [5, 5.41) is 13.9. The molecule has 0 aliphatic carbocycles. The lowest BCUT2D eigenvalue weighted by atomic mass is 9.99. The van der Waals surface area contributed by atoms with Gasteiger partial charge < -0.3 is 10.4 Å². The van der Waals surface area contributed by atoms with Crippen LogP contribution in [0, 0.1) is 13.8 Å². The third-order valence-electron chi connectivity index (χ3n) is 4.62. The lowest BCUT2D eigenvalue weighted by Crippen LogP contribution is -2.07. The number of carboxylic acids is 1. The maximum atomic E-state index is 11.3. The lowest BCUT2D eigenvalue weighted by molar-refractivity contribution is -0.136. The van der Waals surface area contributed by atoms with Crippen LogP contribution in [0.2, 0.25) is 10.0 Å². The molecule has 0 aliphatic rings. The molecule has 2 aromatic carbocycles. The van der Waals surface area contributed by atoms with E-state index in [1.807, 2.05) is 32.0 Å². The molecule has 140 valence electrons. The van der Waals surface area contributed by atoms with Crippen LogP contribution in [0.1, 0.15) is 48.1 Å². The second-order valence-corrected chi connectivity index (χ2v) is 7.28. The molecular weight excluding hydrogens is 369 g/mol. The average molecular weight is 394 g/mol. The van der Waals surface area contributed by atoms with E-state index >= 15 is 0 Å². The summed E-state index contributed by atoms with van der Waals surface area (Å²) in [4.78, 5) is 11.3. The molecule has 0 saturated heterocycles. The van der Waals surface area contributed by atoms with Gasteiger partial charge in [-0.25, -0.2) is 0 Å². The molecule has 0 amide bonds. The first-order valence-electron chi connectivity index (χ1n) is 8.87. The van der Waals surface area contributed by atoms with Gasteiger partial charge in [0.05, 0.1) is 17.1 Å². The highest BCUT2D eigenvalue weighted by molar-refractivity contribution is 6.38. The number of carbonyl (C=O) groups is 1. The van der Waals surface area contributed by atoms with Crippen molar-refractivity contribution in [1.82, 2.24) is 0 Å². The summed E-state index contributed by atoms with van der Waals surface area (Å²) in [5.41, 5.74) is 6.35. The minimum absolute atomic E-state index is 0.0372. The van der Waals surface area contributed by atoms with E-state index in [4.69, 9.17) is 23.2 Å². The maximum Gasteiger partial charge on any atom is 0.307 e. The minimum Gasteiger partial charge on any atom is -0.481 e. The van der Waals surface area contributed by atoms with E-state index in [2.05, 4.69) is 19.2 Å². The number of nitrogens with one attached hydrogen (secondary N) is 1. The van der Waals surface area contributed by atoms with Crippen LogP contribution >= 0.6 is 23.2 Å². The van der Waals surface area contributed by atoms with Crippen LogP contribution in [0.15, 0.2) is 18.2 Å². The molecule has 26 heavy (non-hydrogen) atoms. The SMILES string of the molecule is CCCc1ccc(Nc2c(Cl)c(C)c(Cl)c(C)c2CC)c(CC(=O)O)c1. The number of halogens is 2. The van der Waals surface area contributed by atoms with E-state index in [9.17, 15) is 9.90 Å². The van der Waals surface area contributed by atoms with E-state index in [1.165, 1.54) is 0 Å². The second-order valence-electron chi connectivity index (χ2n) is 6.52. The fourth-order valence-electron chi connectivity index (χ4n) is 3.25. The Morgan fingerprint density at radius 1 is 1.12 bits per heavy atom. The highest BCUT2D eigenvalue weighted by Crippen LogP contribution is 2.40. The smallest absolute Gasteiger partial charge is 0.307 e. The first-order valence-corrected chi connectivity index (χ1v) is 9.63. The van der Waals surface area contributed by atoms with Gasteiger partial charge in [0.1, 0.15) is 0 Å². The Kier molecular flexibility index (Phi) is 6.96. The Labute approximate surface area is 165 Å². The highest BCUT2D eigenvalue weighted by atomic mass is 35.5. The lowest BCUT2D eigenvalue weighted by Gasteiger charge is -2.21. The van der Waals surface area contributed by atoms with Crippen LogP contribution in [0.3, 0.4) is 0 Å². The van der Waals surface area contributed by atoms with Gasteiger partial charge in [-0.3, -0.25) is 4.79 Å². The fraction of sp³-hybridized carbons (Fsp3) is 0.381. The van der Waals surface area contributed by atoms with Crippen molar-refractivity contribution in [3.8, 4) is 0 Å². The number of benzene rings is 2. The monoisotopic (exact) mass is 393 g/mol. The number of aryl methyl sites for hydroxylation is 1. The summed E-state index contributed by atoms with van der Waals surface area (Å²) in [6.45, 7) is 8.04. The summed E-state index contributed by atoms with van der Waals surface area (Å²) in [5.74, 6) is -0.855. The Balaban J connectivity index is 2.56. The van der Waals surface area contributed by atoms with Crippen molar-refractivity contribution >= 4 is 40.5 Å². The van der Waals surface area contributed by atoms with Gasteiger partial charge in [0.15, 0.2) is 0 Å². The first kappa shape index (κ1) is 20.6. The van der Waals surface area contributed by atoms with Gasteiger partial charge in [-0.15, -0.1) is 0 Å². The van der Waals surface area contributed by atoms with Gasteiger partial charge in [0.25, 0.3) is 0 Å². The molecule has 2 aromatic rings. The molecule has 0 heterocycles. The van der Waals surface area contributed by atoms with Crippen molar-refractivity contribution < 1.29 is 9.90 Å². The van der Waals surface area contributed by atoms with Crippen LogP contribution in [-0.4, -0.2) is 11.1 Å². The van der Waals surface area contributed by atoms with Gasteiger partial charge in [0, 0.05) is 10.7 Å². The van der Waals surface area contributed by atoms with Gasteiger partial charge in [-0.2, -0.15) is 0 Å². The van der Waals surface area contributed by atoms with Crippen molar-refractivity contribution in [3.63, 3.8) is 0 Å². The van der Waals surface area contributed by atoms with Crippen LogP contribution in [0.4, 0.5) is 11.4 Å². The molecule has 5 heteroatoms. The number of carboxylic acid groups (broad SMARTS) is 1. The minimum atomic E-state index is -0.855. The Morgan fingerprint density at radius 3 is 2.38 bits per heavy atom. The van der Waals surface area contributed by atoms with Crippen molar-refractivity contribution in [2.24, 2.45) is 0 Å². The Hall–Kier alpha value is -1.71. The maximum absolute atomic E-state index is 11.3. The molecule has 2 rings (SSSR count). The van der Waals surface area contributed by atoms with E-state index < -0.39 is 5.97 Å². The topological polar surface area (TPSA) is 49.3 Å². The van der Waals surface area contributed by atoms with Gasteiger partial charge in [-0.05, 0) is 60.6 Å². The number of hydrogen-bond donors (Lipinski definition) is 2. The molecular formula is C21H25Cl2NO2.